The van der Waals surface area contributed by atoms with E-state index in [1.165, 1.54) is 45.7 Å². The number of hydrogen-bond donors (Lipinski definition) is 1. The average molecular weight is 255 g/mol. The standard InChI is InChI=1S/C12H25N3O.C2H4/c1-2-14-5-7-15(8-6-14)4-3-9-16-12-10-13-11-12;1-2/h12-13H,2-11H2,1H3;1-2H2. The van der Waals surface area contributed by atoms with E-state index < -0.39 is 0 Å². The highest BCUT2D eigenvalue weighted by molar-refractivity contribution is 4.75. The third kappa shape index (κ3) is 5.48. The van der Waals surface area contributed by atoms with Gasteiger partial charge in [0.25, 0.3) is 0 Å². The fourth-order valence-corrected chi connectivity index (χ4v) is 2.25. The number of rotatable bonds is 6. The first-order valence-corrected chi connectivity index (χ1v) is 7.15. The Balaban J connectivity index is 0.000000771. The Morgan fingerprint density at radius 1 is 1.11 bits per heavy atom. The quantitative estimate of drug-likeness (QED) is 0.561. The van der Waals surface area contributed by atoms with Crippen LogP contribution in [-0.2, 0) is 4.74 Å². The van der Waals surface area contributed by atoms with Crippen molar-refractivity contribution in [2.45, 2.75) is 19.4 Å². The zero-order valence-electron chi connectivity index (χ0n) is 11.9. The second-order valence-electron chi connectivity index (χ2n) is 4.78. The molecule has 0 saturated carbocycles. The molecule has 4 heteroatoms. The van der Waals surface area contributed by atoms with E-state index in [1.54, 1.807) is 0 Å². The van der Waals surface area contributed by atoms with Crippen molar-refractivity contribution in [1.82, 2.24) is 15.1 Å². The average Bonchev–Trinajstić information content (AvgIpc) is 2.39. The maximum atomic E-state index is 5.71. The van der Waals surface area contributed by atoms with Gasteiger partial charge in [0.1, 0.15) is 0 Å². The van der Waals surface area contributed by atoms with Gasteiger partial charge < -0.3 is 19.9 Å². The zero-order chi connectivity index (χ0) is 13.2. The minimum Gasteiger partial charge on any atom is -0.376 e. The van der Waals surface area contributed by atoms with Crippen LogP contribution in [0.1, 0.15) is 13.3 Å². The van der Waals surface area contributed by atoms with Gasteiger partial charge in [0, 0.05) is 52.4 Å². The highest BCUT2D eigenvalue weighted by Crippen LogP contribution is 2.03. The summed E-state index contributed by atoms with van der Waals surface area (Å²) < 4.78 is 5.71. The third-order valence-electron chi connectivity index (χ3n) is 3.63. The second kappa shape index (κ2) is 9.50. The van der Waals surface area contributed by atoms with Crippen LogP contribution in [0.15, 0.2) is 13.2 Å². The Morgan fingerprint density at radius 3 is 2.22 bits per heavy atom. The molecule has 106 valence electrons. The molecule has 0 amide bonds. The summed E-state index contributed by atoms with van der Waals surface area (Å²) in [6.07, 6.45) is 1.68. The minimum absolute atomic E-state index is 0.497. The van der Waals surface area contributed by atoms with E-state index in [9.17, 15) is 0 Å². The molecule has 0 aliphatic carbocycles. The number of nitrogens with zero attached hydrogens (tertiary/aromatic N) is 2. The Hall–Kier alpha value is -0.420. The lowest BCUT2D eigenvalue weighted by Gasteiger charge is -2.34. The van der Waals surface area contributed by atoms with Crippen molar-refractivity contribution >= 4 is 0 Å². The Morgan fingerprint density at radius 2 is 1.72 bits per heavy atom. The topological polar surface area (TPSA) is 27.7 Å². The number of piperazine rings is 1. The van der Waals surface area contributed by atoms with Crippen LogP contribution in [0.4, 0.5) is 0 Å². The lowest BCUT2D eigenvalue weighted by atomic mass is 10.2. The summed E-state index contributed by atoms with van der Waals surface area (Å²) in [5.41, 5.74) is 0. The molecule has 1 N–H and O–H groups in total. The molecule has 2 saturated heterocycles. The van der Waals surface area contributed by atoms with Crippen LogP contribution in [0.25, 0.3) is 0 Å². The van der Waals surface area contributed by atoms with Crippen LogP contribution in [-0.4, -0.2) is 74.9 Å². The highest BCUT2D eigenvalue weighted by atomic mass is 16.5. The SMILES string of the molecule is C=C.CCN1CCN(CCCOC2CNC2)CC1. The first-order valence-electron chi connectivity index (χ1n) is 7.15. The summed E-state index contributed by atoms with van der Waals surface area (Å²) in [5.74, 6) is 0. The third-order valence-corrected chi connectivity index (χ3v) is 3.63. The van der Waals surface area contributed by atoms with Crippen LogP contribution in [0, 0.1) is 0 Å². The van der Waals surface area contributed by atoms with Crippen molar-refractivity contribution in [3.63, 3.8) is 0 Å². The molecule has 2 fully saturated rings. The predicted molar refractivity (Wildman–Crippen MR) is 77.0 cm³/mol. The van der Waals surface area contributed by atoms with Crippen molar-refractivity contribution in [2.75, 3.05) is 59.0 Å². The molecule has 2 aliphatic heterocycles. The summed E-state index contributed by atoms with van der Waals surface area (Å²) in [6, 6.07) is 0. The van der Waals surface area contributed by atoms with Gasteiger partial charge >= 0.3 is 0 Å². The summed E-state index contributed by atoms with van der Waals surface area (Å²) in [4.78, 5) is 5.08. The van der Waals surface area contributed by atoms with Gasteiger partial charge in [-0.25, -0.2) is 0 Å². The largest absolute Gasteiger partial charge is 0.376 e. The van der Waals surface area contributed by atoms with Gasteiger partial charge in [-0.1, -0.05) is 6.92 Å². The van der Waals surface area contributed by atoms with Gasteiger partial charge in [-0.15, -0.1) is 13.2 Å². The Bertz CT molecular complexity index is 201. The molecule has 4 nitrogen and oxygen atoms in total. The van der Waals surface area contributed by atoms with Crippen LogP contribution in [0.3, 0.4) is 0 Å². The molecule has 18 heavy (non-hydrogen) atoms. The Kier molecular flexibility index (Phi) is 8.25. The predicted octanol–water partition coefficient (Wildman–Crippen LogP) is 0.805. The van der Waals surface area contributed by atoms with Crippen molar-refractivity contribution in [3.05, 3.63) is 13.2 Å². The molecule has 0 bridgehead atoms. The smallest absolute Gasteiger partial charge is 0.0823 e. The normalized spacial score (nSPS) is 22.1. The van der Waals surface area contributed by atoms with Gasteiger partial charge in [0.05, 0.1) is 6.10 Å². The molecule has 2 heterocycles. The van der Waals surface area contributed by atoms with Crippen molar-refractivity contribution in [3.8, 4) is 0 Å². The number of nitrogens with one attached hydrogen (secondary N) is 1. The first-order chi connectivity index (χ1) is 8.88. The number of hydrogen-bond acceptors (Lipinski definition) is 4. The van der Waals surface area contributed by atoms with Gasteiger partial charge in [-0.05, 0) is 13.0 Å². The van der Waals surface area contributed by atoms with Crippen molar-refractivity contribution in [2.24, 2.45) is 0 Å². The van der Waals surface area contributed by atoms with Crippen molar-refractivity contribution in [1.29, 1.82) is 0 Å². The zero-order valence-corrected chi connectivity index (χ0v) is 11.9. The molecule has 0 aromatic carbocycles. The molecule has 0 aromatic heterocycles. The van der Waals surface area contributed by atoms with E-state index in [-0.39, 0.29) is 0 Å². The van der Waals surface area contributed by atoms with Crippen LogP contribution >= 0.6 is 0 Å². The molecule has 2 aliphatic rings. The fourth-order valence-electron chi connectivity index (χ4n) is 2.25. The molecular weight excluding hydrogens is 226 g/mol. The molecule has 0 radical (unpaired) electrons. The summed E-state index contributed by atoms with van der Waals surface area (Å²) >= 11 is 0. The van der Waals surface area contributed by atoms with Gasteiger partial charge in [-0.2, -0.15) is 0 Å². The number of ether oxygens (including phenoxy) is 1. The van der Waals surface area contributed by atoms with Gasteiger partial charge in [0.2, 0.25) is 0 Å². The maximum absolute atomic E-state index is 5.71. The maximum Gasteiger partial charge on any atom is 0.0823 e. The van der Waals surface area contributed by atoms with E-state index in [1.807, 2.05) is 0 Å². The van der Waals surface area contributed by atoms with Crippen LogP contribution < -0.4 is 5.32 Å². The lowest BCUT2D eigenvalue weighted by molar-refractivity contribution is 0.0126. The fraction of sp³-hybridized carbons (Fsp3) is 0.857. The van der Waals surface area contributed by atoms with Gasteiger partial charge in [0.15, 0.2) is 0 Å². The van der Waals surface area contributed by atoms with Gasteiger partial charge in [-0.3, -0.25) is 0 Å². The molecule has 0 atom stereocenters. The van der Waals surface area contributed by atoms with Crippen LogP contribution in [0.2, 0.25) is 0 Å². The molecule has 0 unspecified atom stereocenters. The van der Waals surface area contributed by atoms with Crippen LogP contribution in [0.5, 0.6) is 0 Å². The second-order valence-corrected chi connectivity index (χ2v) is 4.78. The molecule has 0 spiro atoms. The summed E-state index contributed by atoms with van der Waals surface area (Å²) in [7, 11) is 0. The van der Waals surface area contributed by atoms with E-state index in [2.05, 4.69) is 35.2 Å². The summed E-state index contributed by atoms with van der Waals surface area (Å²) in [6.45, 7) is 18.6. The van der Waals surface area contributed by atoms with Crippen molar-refractivity contribution < 1.29 is 4.74 Å². The molecule has 2 rings (SSSR count). The molecular formula is C14H29N3O. The Labute approximate surface area is 112 Å². The molecule has 0 aromatic rings. The van der Waals surface area contributed by atoms with E-state index >= 15 is 0 Å². The van der Waals surface area contributed by atoms with E-state index in [4.69, 9.17) is 4.74 Å². The van der Waals surface area contributed by atoms with E-state index in [0.717, 1.165) is 19.7 Å². The monoisotopic (exact) mass is 255 g/mol. The first kappa shape index (κ1) is 15.6. The summed E-state index contributed by atoms with van der Waals surface area (Å²) in [5, 5.41) is 3.22. The highest BCUT2D eigenvalue weighted by Gasteiger charge is 2.17. The minimum atomic E-state index is 0.497. The lowest BCUT2D eigenvalue weighted by Crippen LogP contribution is -2.49. The number of likely N-dealkylation sites (N-methyl/N-ethyl adjacent to an activating group) is 1. The van der Waals surface area contributed by atoms with E-state index in [0.29, 0.717) is 6.10 Å².